The van der Waals surface area contributed by atoms with Gasteiger partial charge >= 0.3 is 0 Å². The number of rotatable bonds is 7. The summed E-state index contributed by atoms with van der Waals surface area (Å²) in [6.07, 6.45) is 0. The number of halogens is 1. The van der Waals surface area contributed by atoms with Crippen molar-refractivity contribution in [1.29, 1.82) is 0 Å². The minimum atomic E-state index is -3.46. The van der Waals surface area contributed by atoms with E-state index in [1.54, 1.807) is 6.07 Å². The lowest BCUT2D eigenvalue weighted by molar-refractivity contribution is 0.0390. The van der Waals surface area contributed by atoms with Crippen LogP contribution in [0.2, 0.25) is 0 Å². The maximum Gasteiger partial charge on any atom is 0.242 e. The van der Waals surface area contributed by atoms with Gasteiger partial charge in [0.05, 0.1) is 17.0 Å². The lowest BCUT2D eigenvalue weighted by Crippen LogP contribution is -2.41. The summed E-state index contributed by atoms with van der Waals surface area (Å²) < 4.78 is 33.2. The number of hydrogen-bond acceptors (Lipinski definition) is 6. The zero-order valence-electron chi connectivity index (χ0n) is 11.9. The van der Waals surface area contributed by atoms with Gasteiger partial charge in [-0.2, -0.15) is 0 Å². The van der Waals surface area contributed by atoms with Crippen molar-refractivity contribution in [3.63, 3.8) is 0 Å². The fourth-order valence-electron chi connectivity index (χ4n) is 2.08. The number of nitrogens with one attached hydrogen (secondary N) is 2. The Kier molecular flexibility index (Phi) is 6.60. The van der Waals surface area contributed by atoms with Crippen LogP contribution in [-0.4, -0.2) is 59.8 Å². The Morgan fingerprint density at radius 3 is 2.81 bits per heavy atom. The lowest BCUT2D eigenvalue weighted by Gasteiger charge is -2.26. The average Bonchev–Trinajstić information content (AvgIpc) is 2.82. The van der Waals surface area contributed by atoms with Gasteiger partial charge in [0, 0.05) is 37.6 Å². The van der Waals surface area contributed by atoms with Crippen LogP contribution in [-0.2, 0) is 21.3 Å². The first-order chi connectivity index (χ1) is 10.0. The topological polar surface area (TPSA) is 70.7 Å². The predicted molar refractivity (Wildman–Crippen MR) is 87.2 cm³/mol. The van der Waals surface area contributed by atoms with Crippen molar-refractivity contribution in [2.75, 3.05) is 46.4 Å². The maximum absolute atomic E-state index is 12.3. The lowest BCUT2D eigenvalue weighted by atomic mass is 10.4. The van der Waals surface area contributed by atoms with Crippen LogP contribution in [0.25, 0.3) is 0 Å². The third kappa shape index (κ3) is 4.98. The fraction of sp³-hybridized carbons (Fsp3) is 0.667. The Morgan fingerprint density at radius 2 is 2.14 bits per heavy atom. The molecule has 0 bridgehead atoms. The van der Waals surface area contributed by atoms with Gasteiger partial charge in [-0.1, -0.05) is 0 Å². The van der Waals surface area contributed by atoms with E-state index in [2.05, 4.69) is 30.9 Å². The normalized spacial score (nSPS) is 17.2. The molecule has 2 N–H and O–H groups in total. The first-order valence-corrected chi connectivity index (χ1v) is 9.85. The Morgan fingerprint density at radius 1 is 1.43 bits per heavy atom. The second-order valence-electron chi connectivity index (χ2n) is 4.73. The van der Waals surface area contributed by atoms with Crippen LogP contribution in [0.5, 0.6) is 0 Å². The number of ether oxygens (including phenoxy) is 1. The summed E-state index contributed by atoms with van der Waals surface area (Å²) in [6, 6.07) is 1.71. The number of sulfonamides is 1. The summed E-state index contributed by atoms with van der Waals surface area (Å²) in [4.78, 5) is 3.50. The van der Waals surface area contributed by atoms with E-state index in [1.165, 1.54) is 11.3 Å². The van der Waals surface area contributed by atoms with Crippen molar-refractivity contribution < 1.29 is 13.2 Å². The summed E-state index contributed by atoms with van der Waals surface area (Å²) in [5.74, 6) is 0. The second-order valence-corrected chi connectivity index (χ2v) is 8.92. The molecule has 1 fully saturated rings. The number of nitrogens with zero attached hydrogens (tertiary/aromatic N) is 1. The third-order valence-corrected chi connectivity index (χ3v) is 6.88. The van der Waals surface area contributed by atoms with Crippen LogP contribution in [0.4, 0.5) is 0 Å². The van der Waals surface area contributed by atoms with Crippen molar-refractivity contribution >= 4 is 37.3 Å². The van der Waals surface area contributed by atoms with Gasteiger partial charge in [-0.15, -0.1) is 11.3 Å². The summed E-state index contributed by atoms with van der Waals surface area (Å²) in [6.45, 7) is 4.92. The van der Waals surface area contributed by atoms with E-state index in [1.807, 2.05) is 7.05 Å². The summed E-state index contributed by atoms with van der Waals surface area (Å²) in [7, 11) is -1.63. The van der Waals surface area contributed by atoms with E-state index in [4.69, 9.17) is 4.74 Å². The highest BCUT2D eigenvalue weighted by Gasteiger charge is 2.21. The van der Waals surface area contributed by atoms with E-state index in [0.717, 1.165) is 31.2 Å². The van der Waals surface area contributed by atoms with Crippen molar-refractivity contribution in [2.24, 2.45) is 0 Å². The van der Waals surface area contributed by atoms with Gasteiger partial charge in [0.1, 0.15) is 4.90 Å². The van der Waals surface area contributed by atoms with Crippen LogP contribution in [0.3, 0.4) is 0 Å². The first-order valence-electron chi connectivity index (χ1n) is 6.75. The zero-order chi connectivity index (χ0) is 15.3. The van der Waals surface area contributed by atoms with Crippen molar-refractivity contribution in [1.82, 2.24) is 14.9 Å². The van der Waals surface area contributed by atoms with Gasteiger partial charge < -0.3 is 10.1 Å². The van der Waals surface area contributed by atoms with Crippen LogP contribution in [0.1, 0.15) is 4.88 Å². The summed E-state index contributed by atoms with van der Waals surface area (Å²) in [5.41, 5.74) is 0. The van der Waals surface area contributed by atoms with Gasteiger partial charge in [0.15, 0.2) is 0 Å². The molecule has 9 heteroatoms. The molecular weight excluding hydrogens is 378 g/mol. The van der Waals surface area contributed by atoms with Crippen LogP contribution >= 0.6 is 27.3 Å². The fourth-order valence-corrected chi connectivity index (χ4v) is 5.80. The molecule has 1 saturated heterocycles. The van der Waals surface area contributed by atoms with Crippen LogP contribution in [0, 0.1) is 0 Å². The quantitative estimate of drug-likeness (QED) is 0.713. The molecular formula is C12H20BrN3O3S2. The average molecular weight is 398 g/mol. The molecule has 0 aliphatic carbocycles. The molecule has 0 atom stereocenters. The Bertz CT molecular complexity index is 556. The molecule has 21 heavy (non-hydrogen) atoms. The maximum atomic E-state index is 12.3. The van der Waals surface area contributed by atoms with Gasteiger partial charge in [0.2, 0.25) is 10.0 Å². The molecule has 2 rings (SSSR count). The molecule has 0 unspecified atom stereocenters. The third-order valence-electron chi connectivity index (χ3n) is 3.17. The van der Waals surface area contributed by atoms with Crippen LogP contribution in [0.15, 0.2) is 14.7 Å². The smallest absolute Gasteiger partial charge is 0.242 e. The molecule has 120 valence electrons. The highest BCUT2D eigenvalue weighted by atomic mass is 79.9. The number of morpholine rings is 1. The monoisotopic (exact) mass is 397 g/mol. The SMILES string of the molecule is CNCc1cc(S(=O)(=O)NCCN2CCOCC2)c(Br)s1. The molecule has 1 aromatic heterocycles. The number of hydrogen-bond donors (Lipinski definition) is 2. The Hall–Kier alpha value is -0.0300. The molecule has 2 heterocycles. The van der Waals surface area contributed by atoms with Crippen molar-refractivity contribution in [2.45, 2.75) is 11.4 Å². The van der Waals surface area contributed by atoms with Gasteiger partial charge in [-0.05, 0) is 29.0 Å². The van der Waals surface area contributed by atoms with E-state index in [9.17, 15) is 8.42 Å². The molecule has 0 saturated carbocycles. The molecule has 0 spiro atoms. The van der Waals surface area contributed by atoms with Crippen molar-refractivity contribution in [3.05, 3.63) is 14.7 Å². The molecule has 0 radical (unpaired) electrons. The highest BCUT2D eigenvalue weighted by molar-refractivity contribution is 9.11. The van der Waals surface area contributed by atoms with E-state index in [-0.39, 0.29) is 0 Å². The van der Waals surface area contributed by atoms with Gasteiger partial charge in [0.25, 0.3) is 0 Å². The summed E-state index contributed by atoms with van der Waals surface area (Å²) in [5, 5.41) is 3.02. The van der Waals surface area contributed by atoms with E-state index < -0.39 is 10.0 Å². The van der Waals surface area contributed by atoms with Crippen LogP contribution < -0.4 is 10.0 Å². The van der Waals surface area contributed by atoms with E-state index in [0.29, 0.717) is 28.3 Å². The largest absolute Gasteiger partial charge is 0.379 e. The highest BCUT2D eigenvalue weighted by Crippen LogP contribution is 2.31. The summed E-state index contributed by atoms with van der Waals surface area (Å²) >= 11 is 4.77. The molecule has 1 aromatic rings. The Labute approximate surface area is 138 Å². The van der Waals surface area contributed by atoms with Gasteiger partial charge in [-0.3, -0.25) is 4.90 Å². The Balaban J connectivity index is 1.91. The van der Waals surface area contributed by atoms with Gasteiger partial charge in [-0.25, -0.2) is 13.1 Å². The molecule has 0 amide bonds. The standard InChI is InChI=1S/C12H20BrN3O3S2/c1-14-9-10-8-11(12(13)20-10)21(17,18)15-2-3-16-4-6-19-7-5-16/h8,14-15H,2-7,9H2,1H3. The molecule has 0 aromatic carbocycles. The minimum Gasteiger partial charge on any atom is -0.379 e. The minimum absolute atomic E-state index is 0.319. The first kappa shape index (κ1) is 17.3. The van der Waals surface area contributed by atoms with E-state index >= 15 is 0 Å². The second kappa shape index (κ2) is 8.00. The molecule has 6 nitrogen and oxygen atoms in total. The molecule has 1 aliphatic rings. The zero-order valence-corrected chi connectivity index (χ0v) is 15.1. The number of thiophene rings is 1. The van der Waals surface area contributed by atoms with Crippen molar-refractivity contribution in [3.8, 4) is 0 Å². The predicted octanol–water partition coefficient (Wildman–Crippen LogP) is 0.840. The molecule has 1 aliphatic heterocycles.